The van der Waals surface area contributed by atoms with E-state index in [0.29, 0.717) is 12.2 Å². The smallest absolute Gasteiger partial charge is 0.265 e. The van der Waals surface area contributed by atoms with Crippen LogP contribution in [0.5, 0.6) is 0 Å². The maximum atomic E-state index is 12.8. The van der Waals surface area contributed by atoms with E-state index in [1.54, 1.807) is 29.9 Å². The van der Waals surface area contributed by atoms with Crippen molar-refractivity contribution in [2.75, 3.05) is 10.8 Å². The molecule has 0 aliphatic carbocycles. The highest BCUT2D eigenvalue weighted by molar-refractivity contribution is 7.92. The Morgan fingerprint density at radius 3 is 2.52 bits per heavy atom. The van der Waals surface area contributed by atoms with Gasteiger partial charge < -0.3 is 4.57 Å². The lowest BCUT2D eigenvalue weighted by molar-refractivity contribution is 0.591. The molecule has 0 bridgehead atoms. The Hall–Kier alpha value is -1.46. The van der Waals surface area contributed by atoms with E-state index in [-0.39, 0.29) is 10.8 Å². The summed E-state index contributed by atoms with van der Waals surface area (Å²) in [5.41, 5.74) is 2.47. The Morgan fingerprint density at radius 1 is 1.29 bits per heavy atom. The van der Waals surface area contributed by atoms with Crippen LogP contribution in [0.25, 0.3) is 0 Å². The number of halogens is 1. The van der Waals surface area contributed by atoms with Gasteiger partial charge in [-0.05, 0) is 37.6 Å². The van der Waals surface area contributed by atoms with Gasteiger partial charge in [-0.1, -0.05) is 12.1 Å². The molecule has 6 heteroatoms. The second-order valence-corrected chi connectivity index (χ2v) is 7.05. The van der Waals surface area contributed by atoms with Gasteiger partial charge in [0.2, 0.25) is 0 Å². The summed E-state index contributed by atoms with van der Waals surface area (Å²) in [6.07, 6.45) is 1.60. The van der Waals surface area contributed by atoms with Crippen LogP contribution in [0.2, 0.25) is 0 Å². The highest BCUT2D eigenvalue weighted by atomic mass is 35.5. The number of rotatable bonds is 5. The van der Waals surface area contributed by atoms with E-state index in [9.17, 15) is 8.42 Å². The van der Waals surface area contributed by atoms with E-state index < -0.39 is 10.0 Å². The molecule has 21 heavy (non-hydrogen) atoms. The van der Waals surface area contributed by atoms with Crippen molar-refractivity contribution in [3.63, 3.8) is 0 Å². The topological polar surface area (TPSA) is 42.3 Å². The minimum absolute atomic E-state index is 0.268. The van der Waals surface area contributed by atoms with Gasteiger partial charge >= 0.3 is 0 Å². The zero-order valence-electron chi connectivity index (χ0n) is 12.4. The molecule has 0 radical (unpaired) electrons. The Labute approximate surface area is 131 Å². The Bertz CT molecular complexity index is 738. The molecule has 0 saturated carbocycles. The number of benzene rings is 1. The number of sulfonamides is 1. The van der Waals surface area contributed by atoms with Gasteiger partial charge in [0.1, 0.15) is 4.90 Å². The number of aromatic nitrogens is 1. The van der Waals surface area contributed by atoms with Crippen molar-refractivity contribution in [1.29, 1.82) is 0 Å². The largest absolute Gasteiger partial charge is 0.352 e. The predicted molar refractivity (Wildman–Crippen MR) is 86.4 cm³/mol. The third-order valence-electron chi connectivity index (χ3n) is 3.38. The summed E-state index contributed by atoms with van der Waals surface area (Å²) < 4.78 is 28.8. The highest BCUT2D eigenvalue weighted by Gasteiger charge is 2.25. The zero-order chi connectivity index (χ0) is 15.6. The molecule has 0 amide bonds. The number of aryl methyl sites for hydroxylation is 2. The van der Waals surface area contributed by atoms with Gasteiger partial charge in [-0.3, -0.25) is 4.31 Å². The third-order valence-corrected chi connectivity index (χ3v) is 5.53. The molecule has 0 unspecified atom stereocenters. The molecule has 0 fully saturated rings. The Morgan fingerprint density at radius 2 is 2.00 bits per heavy atom. The summed E-state index contributed by atoms with van der Waals surface area (Å²) in [5.74, 6) is 0.280. The van der Waals surface area contributed by atoms with Crippen molar-refractivity contribution in [3.05, 3.63) is 47.8 Å². The summed E-state index contributed by atoms with van der Waals surface area (Å²) >= 11 is 5.82. The van der Waals surface area contributed by atoms with E-state index in [2.05, 4.69) is 0 Å². The molecular weight excluding hydrogens is 308 g/mol. The summed E-state index contributed by atoms with van der Waals surface area (Å²) in [4.78, 5) is 0.268. The van der Waals surface area contributed by atoms with Gasteiger partial charge in [0.15, 0.2) is 0 Å². The molecule has 0 aliphatic rings. The first-order valence-corrected chi connectivity index (χ1v) is 8.68. The van der Waals surface area contributed by atoms with Crippen LogP contribution in [-0.4, -0.2) is 19.5 Å². The Balaban J connectivity index is 2.49. The van der Waals surface area contributed by atoms with Gasteiger partial charge in [0.25, 0.3) is 10.0 Å². The molecule has 0 spiro atoms. The molecule has 114 valence electrons. The molecule has 4 nitrogen and oxygen atoms in total. The van der Waals surface area contributed by atoms with E-state index in [4.69, 9.17) is 11.6 Å². The standard InChI is InChI=1S/C15H19ClN2O2S/c1-4-18(13-7-5-6-12(2)8-13)21(19,20)15-9-14(10-16)17(3)11-15/h5-9,11H,4,10H2,1-3H3. The van der Waals surface area contributed by atoms with Crippen LogP contribution in [0.1, 0.15) is 18.2 Å². The minimum Gasteiger partial charge on any atom is -0.352 e. The lowest BCUT2D eigenvalue weighted by atomic mass is 10.2. The second kappa shape index (κ2) is 6.12. The van der Waals surface area contributed by atoms with Crippen molar-refractivity contribution in [2.45, 2.75) is 24.6 Å². The molecule has 1 aromatic heterocycles. The lowest BCUT2D eigenvalue weighted by Gasteiger charge is -2.22. The van der Waals surface area contributed by atoms with Gasteiger partial charge in [-0.2, -0.15) is 0 Å². The number of alkyl halides is 1. The summed E-state index contributed by atoms with van der Waals surface area (Å²) in [7, 11) is -1.79. The van der Waals surface area contributed by atoms with Crippen LogP contribution in [0.3, 0.4) is 0 Å². The minimum atomic E-state index is -3.58. The van der Waals surface area contributed by atoms with Crippen LogP contribution >= 0.6 is 11.6 Å². The third kappa shape index (κ3) is 3.09. The first-order valence-electron chi connectivity index (χ1n) is 6.70. The number of nitrogens with zero attached hydrogens (tertiary/aromatic N) is 2. The first-order chi connectivity index (χ1) is 9.90. The molecular formula is C15H19ClN2O2S. The molecule has 0 N–H and O–H groups in total. The molecule has 0 aliphatic heterocycles. The number of anilines is 1. The van der Waals surface area contributed by atoms with Gasteiger partial charge in [0.05, 0.1) is 11.6 Å². The van der Waals surface area contributed by atoms with Crippen LogP contribution in [-0.2, 0) is 23.0 Å². The average molecular weight is 327 g/mol. The quantitative estimate of drug-likeness (QED) is 0.791. The van der Waals surface area contributed by atoms with Crippen molar-refractivity contribution in [2.24, 2.45) is 7.05 Å². The maximum Gasteiger partial charge on any atom is 0.265 e. The second-order valence-electron chi connectivity index (χ2n) is 4.92. The SMILES string of the molecule is CCN(c1cccc(C)c1)S(=O)(=O)c1cc(CCl)n(C)c1. The van der Waals surface area contributed by atoms with Crippen LogP contribution in [0, 0.1) is 6.92 Å². The molecule has 1 heterocycles. The summed E-state index contributed by atoms with van der Waals surface area (Å²) in [6.45, 7) is 4.14. The fourth-order valence-corrected chi connectivity index (χ4v) is 4.08. The van der Waals surface area contributed by atoms with Crippen molar-refractivity contribution >= 4 is 27.3 Å². The highest BCUT2D eigenvalue weighted by Crippen LogP contribution is 2.25. The molecule has 2 aromatic rings. The monoisotopic (exact) mass is 326 g/mol. The Kier molecular flexibility index (Phi) is 4.64. The van der Waals surface area contributed by atoms with Crippen molar-refractivity contribution in [3.8, 4) is 0 Å². The maximum absolute atomic E-state index is 12.8. The first kappa shape index (κ1) is 15.9. The number of hydrogen-bond acceptors (Lipinski definition) is 2. The van der Waals surface area contributed by atoms with E-state index in [1.165, 1.54) is 4.31 Å². The molecule has 0 atom stereocenters. The van der Waals surface area contributed by atoms with Crippen LogP contribution in [0.15, 0.2) is 41.4 Å². The molecule has 1 aromatic carbocycles. The van der Waals surface area contributed by atoms with Gasteiger partial charge in [-0.25, -0.2) is 8.42 Å². The summed E-state index contributed by atoms with van der Waals surface area (Å²) in [5, 5.41) is 0. The molecule has 0 saturated heterocycles. The van der Waals surface area contributed by atoms with E-state index in [0.717, 1.165) is 11.3 Å². The van der Waals surface area contributed by atoms with Crippen LogP contribution in [0.4, 0.5) is 5.69 Å². The van der Waals surface area contributed by atoms with Crippen LogP contribution < -0.4 is 4.31 Å². The van der Waals surface area contributed by atoms with Crippen molar-refractivity contribution < 1.29 is 8.42 Å². The van der Waals surface area contributed by atoms with E-state index >= 15 is 0 Å². The van der Waals surface area contributed by atoms with Gasteiger partial charge in [-0.15, -0.1) is 11.6 Å². The predicted octanol–water partition coefficient (Wildman–Crippen LogP) is 3.29. The molecule has 2 rings (SSSR count). The summed E-state index contributed by atoms with van der Waals surface area (Å²) in [6, 6.07) is 9.10. The van der Waals surface area contributed by atoms with E-state index in [1.807, 2.05) is 32.0 Å². The fourth-order valence-electron chi connectivity index (χ4n) is 2.25. The van der Waals surface area contributed by atoms with Gasteiger partial charge in [0, 0.05) is 25.5 Å². The fraction of sp³-hybridized carbons (Fsp3) is 0.333. The average Bonchev–Trinajstić information content (AvgIpc) is 2.81. The van der Waals surface area contributed by atoms with Crippen molar-refractivity contribution in [1.82, 2.24) is 4.57 Å². The lowest BCUT2D eigenvalue weighted by Crippen LogP contribution is -2.30. The zero-order valence-corrected chi connectivity index (χ0v) is 13.9. The number of hydrogen-bond donors (Lipinski definition) is 0. The normalized spacial score (nSPS) is 11.6.